The fourth-order valence-electron chi connectivity index (χ4n) is 1.70. The van der Waals surface area contributed by atoms with Crippen LogP contribution in [0.25, 0.3) is 0 Å². The van der Waals surface area contributed by atoms with Crippen molar-refractivity contribution in [2.45, 2.75) is 6.92 Å². The highest BCUT2D eigenvalue weighted by atomic mass is 16.5. The van der Waals surface area contributed by atoms with Crippen LogP contribution in [0.4, 0.5) is 5.69 Å². The molecule has 0 fully saturated rings. The predicted octanol–water partition coefficient (Wildman–Crippen LogP) is 1.15. The molecule has 0 bridgehead atoms. The summed E-state index contributed by atoms with van der Waals surface area (Å²) >= 11 is 0. The highest BCUT2D eigenvalue weighted by molar-refractivity contribution is 5.84. The van der Waals surface area contributed by atoms with Gasteiger partial charge >= 0.3 is 5.97 Å². The molecule has 116 valence electrons. The van der Waals surface area contributed by atoms with Gasteiger partial charge in [0.2, 0.25) is 5.91 Å². The Kier molecular flexibility index (Phi) is 6.52. The van der Waals surface area contributed by atoms with Crippen LogP contribution in [0.2, 0.25) is 0 Å². The van der Waals surface area contributed by atoms with Crippen molar-refractivity contribution in [2.75, 3.05) is 45.8 Å². The molecule has 1 aromatic carbocycles. The number of ether oxygens (including phenoxy) is 2. The maximum absolute atomic E-state index is 11.9. The molecule has 0 aliphatic rings. The molecule has 0 unspecified atom stereocenters. The first-order valence-electron chi connectivity index (χ1n) is 6.72. The molecule has 0 saturated carbocycles. The van der Waals surface area contributed by atoms with Gasteiger partial charge in [-0.15, -0.1) is 0 Å². The zero-order valence-electron chi connectivity index (χ0n) is 13.0. The first-order valence-corrected chi connectivity index (χ1v) is 6.72. The maximum atomic E-state index is 11.9. The molecule has 0 atom stereocenters. The number of rotatable bonds is 7. The Morgan fingerprint density at radius 2 is 1.71 bits per heavy atom. The van der Waals surface area contributed by atoms with Crippen molar-refractivity contribution in [1.29, 1.82) is 0 Å². The summed E-state index contributed by atoms with van der Waals surface area (Å²) in [6, 6.07) is 7.18. The Morgan fingerprint density at radius 1 is 1.10 bits per heavy atom. The van der Waals surface area contributed by atoms with Gasteiger partial charge in [0.25, 0.3) is 0 Å². The molecular weight excluding hydrogens is 272 g/mol. The lowest BCUT2D eigenvalue weighted by Gasteiger charge is -2.24. The molecule has 0 spiro atoms. The smallest absolute Gasteiger partial charge is 0.325 e. The van der Waals surface area contributed by atoms with Crippen LogP contribution in [0, 0.1) is 0 Å². The number of carbonyl (C=O) groups excluding carboxylic acids is 2. The maximum Gasteiger partial charge on any atom is 0.325 e. The van der Waals surface area contributed by atoms with E-state index in [1.807, 2.05) is 0 Å². The van der Waals surface area contributed by atoms with Crippen LogP contribution in [-0.4, -0.2) is 57.7 Å². The number of benzene rings is 1. The van der Waals surface area contributed by atoms with Crippen molar-refractivity contribution in [3.05, 3.63) is 24.3 Å². The van der Waals surface area contributed by atoms with Gasteiger partial charge in [-0.1, -0.05) is 0 Å². The standard InChI is InChI=1S/C15H22N2O4/c1-5-21-15(19)11-17(10-14(18)16(2)3)12-6-8-13(20-4)9-7-12/h6-9H,5,10-11H2,1-4H3. The van der Waals surface area contributed by atoms with E-state index in [4.69, 9.17) is 9.47 Å². The second-order valence-electron chi connectivity index (χ2n) is 4.65. The van der Waals surface area contributed by atoms with Crippen LogP contribution in [0.15, 0.2) is 24.3 Å². The fraction of sp³-hybridized carbons (Fsp3) is 0.467. The molecule has 1 rings (SSSR count). The van der Waals surface area contributed by atoms with E-state index in [0.29, 0.717) is 12.4 Å². The monoisotopic (exact) mass is 294 g/mol. The molecule has 0 heterocycles. The molecule has 6 nitrogen and oxygen atoms in total. The van der Waals surface area contributed by atoms with Crippen LogP contribution in [0.5, 0.6) is 5.75 Å². The highest BCUT2D eigenvalue weighted by Crippen LogP contribution is 2.19. The molecule has 6 heteroatoms. The molecule has 0 radical (unpaired) electrons. The number of methoxy groups -OCH3 is 1. The Labute approximate surface area is 125 Å². The summed E-state index contributed by atoms with van der Waals surface area (Å²) in [7, 11) is 4.94. The summed E-state index contributed by atoms with van der Waals surface area (Å²) in [5.41, 5.74) is 0.763. The minimum absolute atomic E-state index is 0.0275. The van der Waals surface area contributed by atoms with Gasteiger partial charge in [0.05, 0.1) is 20.3 Å². The summed E-state index contributed by atoms with van der Waals surface area (Å²) < 4.78 is 10.1. The molecule has 21 heavy (non-hydrogen) atoms. The quantitative estimate of drug-likeness (QED) is 0.706. The number of carbonyl (C=O) groups is 2. The number of hydrogen-bond acceptors (Lipinski definition) is 5. The number of esters is 1. The minimum Gasteiger partial charge on any atom is -0.497 e. The molecule has 0 aliphatic carbocycles. The average molecular weight is 294 g/mol. The number of likely N-dealkylation sites (N-methyl/N-ethyl adjacent to an activating group) is 1. The Bertz CT molecular complexity index is 471. The third-order valence-electron chi connectivity index (χ3n) is 2.89. The minimum atomic E-state index is -0.361. The molecule has 0 aliphatic heterocycles. The molecule has 1 aromatic rings. The first-order chi connectivity index (χ1) is 9.97. The van der Waals surface area contributed by atoms with E-state index in [1.54, 1.807) is 57.3 Å². The van der Waals surface area contributed by atoms with Crippen LogP contribution < -0.4 is 9.64 Å². The zero-order chi connectivity index (χ0) is 15.8. The predicted molar refractivity (Wildman–Crippen MR) is 80.5 cm³/mol. The number of anilines is 1. The van der Waals surface area contributed by atoms with Gasteiger partial charge in [0, 0.05) is 19.8 Å². The van der Waals surface area contributed by atoms with Crippen LogP contribution in [-0.2, 0) is 14.3 Å². The van der Waals surface area contributed by atoms with Crippen LogP contribution in [0.1, 0.15) is 6.92 Å². The topological polar surface area (TPSA) is 59.1 Å². The number of hydrogen-bond donors (Lipinski definition) is 0. The third kappa shape index (κ3) is 5.33. The van der Waals surface area contributed by atoms with Gasteiger partial charge in [0.1, 0.15) is 12.3 Å². The van der Waals surface area contributed by atoms with E-state index in [2.05, 4.69) is 0 Å². The van der Waals surface area contributed by atoms with E-state index in [-0.39, 0.29) is 25.0 Å². The second kappa shape index (κ2) is 8.14. The second-order valence-corrected chi connectivity index (χ2v) is 4.65. The molecule has 1 amide bonds. The third-order valence-corrected chi connectivity index (χ3v) is 2.89. The summed E-state index contributed by atoms with van der Waals surface area (Å²) in [4.78, 5) is 26.8. The summed E-state index contributed by atoms with van der Waals surface area (Å²) in [6.45, 7) is 2.20. The summed E-state index contributed by atoms with van der Waals surface area (Å²) in [5, 5.41) is 0. The van der Waals surface area contributed by atoms with Gasteiger partial charge in [-0.2, -0.15) is 0 Å². The van der Waals surface area contributed by atoms with E-state index in [1.165, 1.54) is 4.90 Å². The van der Waals surface area contributed by atoms with E-state index in [9.17, 15) is 9.59 Å². The van der Waals surface area contributed by atoms with Crippen molar-refractivity contribution in [3.63, 3.8) is 0 Å². The zero-order valence-corrected chi connectivity index (χ0v) is 13.0. The van der Waals surface area contributed by atoms with Crippen molar-refractivity contribution in [1.82, 2.24) is 4.90 Å². The van der Waals surface area contributed by atoms with Crippen molar-refractivity contribution in [3.8, 4) is 5.75 Å². The summed E-state index contributed by atoms with van der Waals surface area (Å²) in [6.07, 6.45) is 0. The first kappa shape index (κ1) is 16.8. The Morgan fingerprint density at radius 3 is 2.19 bits per heavy atom. The lowest BCUT2D eigenvalue weighted by atomic mass is 10.2. The lowest BCUT2D eigenvalue weighted by molar-refractivity contribution is -0.141. The van der Waals surface area contributed by atoms with Gasteiger partial charge in [0.15, 0.2) is 0 Å². The SMILES string of the molecule is CCOC(=O)CN(CC(=O)N(C)C)c1ccc(OC)cc1. The number of amides is 1. The van der Waals surface area contributed by atoms with Crippen molar-refractivity contribution < 1.29 is 19.1 Å². The van der Waals surface area contributed by atoms with Crippen LogP contribution >= 0.6 is 0 Å². The van der Waals surface area contributed by atoms with E-state index < -0.39 is 0 Å². The van der Waals surface area contributed by atoms with Crippen molar-refractivity contribution >= 4 is 17.6 Å². The van der Waals surface area contributed by atoms with Crippen LogP contribution in [0.3, 0.4) is 0 Å². The Balaban J connectivity index is 2.88. The fourth-order valence-corrected chi connectivity index (χ4v) is 1.70. The van der Waals surface area contributed by atoms with E-state index >= 15 is 0 Å². The normalized spacial score (nSPS) is 9.90. The van der Waals surface area contributed by atoms with Crippen molar-refractivity contribution in [2.24, 2.45) is 0 Å². The molecule has 0 aromatic heterocycles. The van der Waals surface area contributed by atoms with Gasteiger partial charge in [-0.25, -0.2) is 0 Å². The molecule has 0 N–H and O–H groups in total. The van der Waals surface area contributed by atoms with E-state index in [0.717, 1.165) is 5.69 Å². The van der Waals surface area contributed by atoms with Gasteiger partial charge < -0.3 is 19.3 Å². The lowest BCUT2D eigenvalue weighted by Crippen LogP contribution is -2.40. The molecule has 0 saturated heterocycles. The largest absolute Gasteiger partial charge is 0.497 e. The highest BCUT2D eigenvalue weighted by Gasteiger charge is 2.17. The average Bonchev–Trinajstić information content (AvgIpc) is 2.46. The van der Waals surface area contributed by atoms with Gasteiger partial charge in [-0.3, -0.25) is 9.59 Å². The summed E-state index contributed by atoms with van der Waals surface area (Å²) in [5.74, 6) is 0.267. The molecular formula is C15H22N2O4. The van der Waals surface area contributed by atoms with Gasteiger partial charge in [-0.05, 0) is 31.2 Å². The number of nitrogens with zero attached hydrogens (tertiary/aromatic N) is 2. The Hall–Kier alpha value is -2.24.